The van der Waals surface area contributed by atoms with E-state index in [1.54, 1.807) is 0 Å². The second kappa shape index (κ2) is 5.05. The van der Waals surface area contributed by atoms with E-state index < -0.39 is 0 Å². The zero-order chi connectivity index (χ0) is 10.5. The van der Waals surface area contributed by atoms with Gasteiger partial charge in [-0.2, -0.15) is 0 Å². The molecule has 0 aliphatic carbocycles. The molecule has 1 saturated heterocycles. The van der Waals surface area contributed by atoms with Crippen molar-refractivity contribution in [1.82, 2.24) is 5.32 Å². The van der Waals surface area contributed by atoms with Crippen LogP contribution < -0.4 is 5.32 Å². The minimum absolute atomic E-state index is 0.0224. The van der Waals surface area contributed by atoms with Crippen molar-refractivity contribution < 1.29 is 9.53 Å². The summed E-state index contributed by atoms with van der Waals surface area (Å²) in [4.78, 5) is 10.5. The van der Waals surface area contributed by atoms with Gasteiger partial charge < -0.3 is 14.8 Å². The molecule has 0 spiro atoms. The van der Waals surface area contributed by atoms with Crippen LogP contribution in [0.2, 0.25) is 0 Å². The van der Waals surface area contributed by atoms with Crippen LogP contribution in [0, 0.1) is 0 Å². The Bertz CT molecular complexity index is 313. The summed E-state index contributed by atoms with van der Waals surface area (Å²) in [6.07, 6.45) is 1.91. The molecule has 3 nitrogen and oxygen atoms in total. The van der Waals surface area contributed by atoms with Crippen LogP contribution in [0.25, 0.3) is 0 Å². The molecule has 0 amide bonds. The Morgan fingerprint density at radius 2 is 2.20 bits per heavy atom. The van der Waals surface area contributed by atoms with E-state index in [4.69, 9.17) is 4.74 Å². The molecule has 1 aromatic carbocycles. The first-order valence-corrected chi connectivity index (χ1v) is 5.22. The summed E-state index contributed by atoms with van der Waals surface area (Å²) in [5.74, 6) is 0. The molecule has 1 aromatic rings. The van der Waals surface area contributed by atoms with E-state index in [1.807, 2.05) is 30.3 Å². The molecule has 1 N–H and O–H groups in total. The first kappa shape index (κ1) is 10.3. The van der Waals surface area contributed by atoms with Crippen molar-refractivity contribution in [3.05, 3.63) is 35.9 Å². The van der Waals surface area contributed by atoms with Gasteiger partial charge in [0.1, 0.15) is 6.29 Å². The molecule has 80 valence electrons. The highest BCUT2D eigenvalue weighted by atomic mass is 16.5. The van der Waals surface area contributed by atoms with Gasteiger partial charge in [0.15, 0.2) is 0 Å². The fourth-order valence-corrected chi connectivity index (χ4v) is 1.75. The van der Waals surface area contributed by atoms with Crippen LogP contribution in [0.15, 0.2) is 30.3 Å². The molecule has 0 radical (unpaired) electrons. The summed E-state index contributed by atoms with van der Waals surface area (Å²) in [6.45, 7) is 1.40. The summed E-state index contributed by atoms with van der Waals surface area (Å²) in [7, 11) is 0. The number of ether oxygens (including phenoxy) is 1. The molecule has 2 rings (SSSR count). The second-order valence-corrected chi connectivity index (χ2v) is 3.81. The number of hydrogen-bond acceptors (Lipinski definition) is 3. The maximum absolute atomic E-state index is 10.5. The third kappa shape index (κ3) is 2.88. The number of carbonyl (C=O) groups is 1. The molecular weight excluding hydrogens is 190 g/mol. The summed E-state index contributed by atoms with van der Waals surface area (Å²) in [6, 6.07) is 10.0. The van der Waals surface area contributed by atoms with E-state index >= 15 is 0 Å². The Labute approximate surface area is 89.4 Å². The smallest absolute Gasteiger partial charge is 0.136 e. The van der Waals surface area contributed by atoms with E-state index in [1.165, 1.54) is 5.56 Å². The highest BCUT2D eigenvalue weighted by molar-refractivity contribution is 5.58. The Balaban J connectivity index is 1.77. The number of rotatable bonds is 4. The molecule has 3 heteroatoms. The van der Waals surface area contributed by atoms with Crippen LogP contribution in [0.4, 0.5) is 0 Å². The van der Waals surface area contributed by atoms with Crippen LogP contribution in [-0.2, 0) is 16.1 Å². The minimum atomic E-state index is -0.0224. The largest absolute Gasteiger partial charge is 0.372 e. The predicted octanol–water partition coefficient (Wildman–Crippen LogP) is 1.13. The van der Waals surface area contributed by atoms with E-state index in [2.05, 4.69) is 5.32 Å². The third-order valence-electron chi connectivity index (χ3n) is 2.62. The Hall–Kier alpha value is -1.19. The molecule has 1 fully saturated rings. The van der Waals surface area contributed by atoms with Gasteiger partial charge in [-0.25, -0.2) is 0 Å². The van der Waals surface area contributed by atoms with E-state index in [-0.39, 0.29) is 12.1 Å². The SMILES string of the molecule is O=C[C@@H]1C[C@@H](OCc2ccccc2)CN1. The summed E-state index contributed by atoms with van der Waals surface area (Å²) in [5.41, 5.74) is 1.17. The van der Waals surface area contributed by atoms with Crippen LogP contribution in [0.5, 0.6) is 0 Å². The third-order valence-corrected chi connectivity index (χ3v) is 2.62. The average Bonchev–Trinajstić information content (AvgIpc) is 2.76. The predicted molar refractivity (Wildman–Crippen MR) is 57.5 cm³/mol. The molecule has 0 aromatic heterocycles. The quantitative estimate of drug-likeness (QED) is 0.749. The highest BCUT2D eigenvalue weighted by Gasteiger charge is 2.23. The minimum Gasteiger partial charge on any atom is -0.372 e. The van der Waals surface area contributed by atoms with Crippen molar-refractivity contribution in [2.45, 2.75) is 25.2 Å². The van der Waals surface area contributed by atoms with Gasteiger partial charge in [0, 0.05) is 6.54 Å². The van der Waals surface area contributed by atoms with Gasteiger partial charge in [-0.3, -0.25) is 0 Å². The molecule has 2 atom stereocenters. The number of hydrogen-bond donors (Lipinski definition) is 1. The molecule has 15 heavy (non-hydrogen) atoms. The van der Waals surface area contributed by atoms with Crippen LogP contribution in [0.3, 0.4) is 0 Å². The molecule has 1 heterocycles. The average molecular weight is 205 g/mol. The Morgan fingerprint density at radius 3 is 2.87 bits per heavy atom. The van der Waals surface area contributed by atoms with Gasteiger partial charge in [0.2, 0.25) is 0 Å². The van der Waals surface area contributed by atoms with Crippen LogP contribution in [-0.4, -0.2) is 25.0 Å². The standard InChI is InChI=1S/C12H15NO2/c14-8-11-6-12(7-13-11)15-9-10-4-2-1-3-5-10/h1-5,8,11-13H,6-7,9H2/t11-,12+/m0/s1. The molecule has 0 bridgehead atoms. The monoisotopic (exact) mass is 205 g/mol. The number of nitrogens with one attached hydrogen (secondary N) is 1. The molecule has 0 saturated carbocycles. The van der Waals surface area contributed by atoms with Gasteiger partial charge in [0.25, 0.3) is 0 Å². The fourth-order valence-electron chi connectivity index (χ4n) is 1.75. The zero-order valence-electron chi connectivity index (χ0n) is 8.56. The van der Waals surface area contributed by atoms with Crippen LogP contribution in [0.1, 0.15) is 12.0 Å². The van der Waals surface area contributed by atoms with Crippen molar-refractivity contribution in [3.63, 3.8) is 0 Å². The normalized spacial score (nSPS) is 25.3. The summed E-state index contributed by atoms with van der Waals surface area (Å²) >= 11 is 0. The van der Waals surface area contributed by atoms with E-state index in [0.717, 1.165) is 19.3 Å². The van der Waals surface area contributed by atoms with Gasteiger partial charge >= 0.3 is 0 Å². The summed E-state index contributed by atoms with van der Waals surface area (Å²) in [5, 5.41) is 3.10. The summed E-state index contributed by atoms with van der Waals surface area (Å²) < 4.78 is 5.70. The zero-order valence-corrected chi connectivity index (χ0v) is 8.56. The van der Waals surface area contributed by atoms with Gasteiger partial charge in [-0.05, 0) is 12.0 Å². The lowest BCUT2D eigenvalue weighted by Crippen LogP contribution is -2.22. The number of aldehydes is 1. The molecule has 0 unspecified atom stereocenters. The lowest BCUT2D eigenvalue weighted by atomic mass is 10.2. The van der Waals surface area contributed by atoms with E-state index in [9.17, 15) is 4.79 Å². The topological polar surface area (TPSA) is 38.3 Å². The lowest BCUT2D eigenvalue weighted by Gasteiger charge is -2.10. The second-order valence-electron chi connectivity index (χ2n) is 3.81. The van der Waals surface area contributed by atoms with Crippen molar-refractivity contribution >= 4 is 6.29 Å². The first-order chi connectivity index (χ1) is 7.38. The van der Waals surface area contributed by atoms with Crippen LogP contribution >= 0.6 is 0 Å². The molecular formula is C12H15NO2. The number of benzene rings is 1. The van der Waals surface area contributed by atoms with Crippen molar-refractivity contribution in [3.8, 4) is 0 Å². The molecule has 1 aliphatic heterocycles. The van der Waals surface area contributed by atoms with Gasteiger partial charge in [0.05, 0.1) is 18.8 Å². The van der Waals surface area contributed by atoms with E-state index in [0.29, 0.717) is 6.61 Å². The van der Waals surface area contributed by atoms with Crippen molar-refractivity contribution in [2.75, 3.05) is 6.54 Å². The van der Waals surface area contributed by atoms with Gasteiger partial charge in [-0.15, -0.1) is 0 Å². The molecule has 1 aliphatic rings. The Morgan fingerprint density at radius 1 is 1.40 bits per heavy atom. The maximum Gasteiger partial charge on any atom is 0.136 e. The Kier molecular flexibility index (Phi) is 3.48. The van der Waals surface area contributed by atoms with Gasteiger partial charge in [-0.1, -0.05) is 30.3 Å². The highest BCUT2D eigenvalue weighted by Crippen LogP contribution is 2.11. The van der Waals surface area contributed by atoms with Crippen molar-refractivity contribution in [2.24, 2.45) is 0 Å². The lowest BCUT2D eigenvalue weighted by molar-refractivity contribution is -0.109. The fraction of sp³-hybridized carbons (Fsp3) is 0.417. The first-order valence-electron chi connectivity index (χ1n) is 5.22. The van der Waals surface area contributed by atoms with Crippen molar-refractivity contribution in [1.29, 1.82) is 0 Å². The number of carbonyl (C=O) groups excluding carboxylic acids is 1. The maximum atomic E-state index is 10.5.